The van der Waals surface area contributed by atoms with Crippen molar-refractivity contribution in [1.82, 2.24) is 9.80 Å². The Morgan fingerprint density at radius 1 is 0.947 bits per heavy atom. The van der Waals surface area contributed by atoms with Crippen LogP contribution in [0.1, 0.15) is 30.5 Å². The predicted octanol–water partition coefficient (Wildman–Crippen LogP) is 5.81. The van der Waals surface area contributed by atoms with Gasteiger partial charge in [0.15, 0.2) is 18.1 Å². The van der Waals surface area contributed by atoms with Crippen LogP contribution >= 0.6 is 23.8 Å². The lowest BCUT2D eigenvalue weighted by Gasteiger charge is -2.36. The van der Waals surface area contributed by atoms with Crippen molar-refractivity contribution in [3.8, 4) is 11.5 Å². The second-order valence-corrected chi connectivity index (χ2v) is 9.95. The average Bonchev–Trinajstić information content (AvgIpc) is 2.93. The van der Waals surface area contributed by atoms with Gasteiger partial charge in [-0.1, -0.05) is 73.2 Å². The largest absolute Gasteiger partial charge is 0.490 e. The molecule has 1 N–H and O–H groups in total. The topological polar surface area (TPSA) is 54.0 Å². The number of ether oxygens (including phenoxy) is 2. The lowest BCUT2D eigenvalue weighted by Crippen LogP contribution is -2.48. The first kappa shape index (κ1) is 27.9. The maximum atomic E-state index is 12.5. The van der Waals surface area contributed by atoms with Gasteiger partial charge in [0, 0.05) is 44.0 Å². The zero-order chi connectivity index (χ0) is 26.9. The number of halogens is 1. The molecular weight excluding hydrogens is 518 g/mol. The summed E-state index contributed by atoms with van der Waals surface area (Å²) >= 11 is 12.5. The highest BCUT2D eigenvalue weighted by molar-refractivity contribution is 7.80. The first-order valence-electron chi connectivity index (χ1n) is 13.0. The van der Waals surface area contributed by atoms with E-state index in [1.165, 1.54) is 11.1 Å². The molecule has 1 saturated heterocycles. The van der Waals surface area contributed by atoms with Crippen molar-refractivity contribution >= 4 is 40.4 Å². The SMILES string of the molecule is CCOc1cc(C(=S)N2CCN(Cc3ccccc3)CC2)cc(Cl)c1OCC(=O)Nc1ccc(CC)cc1. The number of amides is 1. The summed E-state index contributed by atoms with van der Waals surface area (Å²) in [6, 6.07) is 21.9. The van der Waals surface area contributed by atoms with E-state index in [0.717, 1.165) is 55.4 Å². The molecule has 6 nitrogen and oxygen atoms in total. The molecule has 1 aliphatic rings. The van der Waals surface area contributed by atoms with Crippen LogP contribution in [0.3, 0.4) is 0 Å². The Labute approximate surface area is 235 Å². The number of rotatable bonds is 10. The molecule has 0 saturated carbocycles. The Morgan fingerprint density at radius 3 is 2.32 bits per heavy atom. The molecule has 4 rings (SSSR count). The molecule has 3 aromatic rings. The van der Waals surface area contributed by atoms with Gasteiger partial charge in [0.25, 0.3) is 5.91 Å². The zero-order valence-electron chi connectivity index (χ0n) is 21.9. The van der Waals surface area contributed by atoms with Gasteiger partial charge in [-0.05, 0) is 48.7 Å². The number of hydrogen-bond donors (Lipinski definition) is 1. The number of benzene rings is 3. The zero-order valence-corrected chi connectivity index (χ0v) is 23.5. The molecule has 0 atom stereocenters. The number of nitrogens with zero attached hydrogens (tertiary/aromatic N) is 2. The van der Waals surface area contributed by atoms with Gasteiger partial charge in [0.05, 0.1) is 11.6 Å². The molecule has 1 fully saturated rings. The fourth-order valence-electron chi connectivity index (χ4n) is 4.39. The average molecular weight is 552 g/mol. The Bertz CT molecular complexity index is 1230. The Morgan fingerprint density at radius 2 is 1.66 bits per heavy atom. The summed E-state index contributed by atoms with van der Waals surface area (Å²) in [6.07, 6.45) is 0.944. The van der Waals surface area contributed by atoms with E-state index in [9.17, 15) is 4.79 Å². The third-order valence-electron chi connectivity index (χ3n) is 6.46. The van der Waals surface area contributed by atoms with Gasteiger partial charge in [-0.3, -0.25) is 9.69 Å². The third-order valence-corrected chi connectivity index (χ3v) is 7.23. The number of thiocarbonyl (C=S) groups is 1. The van der Waals surface area contributed by atoms with Crippen molar-refractivity contribution in [3.63, 3.8) is 0 Å². The summed E-state index contributed by atoms with van der Waals surface area (Å²) < 4.78 is 11.6. The highest BCUT2D eigenvalue weighted by Crippen LogP contribution is 2.37. The van der Waals surface area contributed by atoms with Crippen molar-refractivity contribution in [2.24, 2.45) is 0 Å². The number of carbonyl (C=O) groups excluding carboxylic acids is 1. The smallest absolute Gasteiger partial charge is 0.262 e. The van der Waals surface area contributed by atoms with E-state index in [4.69, 9.17) is 33.3 Å². The van der Waals surface area contributed by atoms with Crippen LogP contribution in [0.5, 0.6) is 11.5 Å². The molecule has 38 heavy (non-hydrogen) atoms. The van der Waals surface area contributed by atoms with Gasteiger partial charge in [0.2, 0.25) is 0 Å². The number of piperazine rings is 1. The van der Waals surface area contributed by atoms with E-state index < -0.39 is 0 Å². The second-order valence-electron chi connectivity index (χ2n) is 9.16. The number of nitrogens with one attached hydrogen (secondary N) is 1. The first-order valence-corrected chi connectivity index (χ1v) is 13.8. The molecule has 200 valence electrons. The van der Waals surface area contributed by atoms with Gasteiger partial charge in [-0.2, -0.15) is 0 Å². The number of anilines is 1. The Kier molecular flexibility index (Phi) is 9.98. The fourth-order valence-corrected chi connectivity index (χ4v) is 4.95. The Balaban J connectivity index is 1.37. The summed E-state index contributed by atoms with van der Waals surface area (Å²) in [5, 5.41) is 3.20. The van der Waals surface area contributed by atoms with Crippen molar-refractivity contribution < 1.29 is 14.3 Å². The maximum absolute atomic E-state index is 12.5. The first-order chi connectivity index (χ1) is 18.5. The molecule has 0 aromatic heterocycles. The van der Waals surface area contributed by atoms with Crippen LogP contribution in [0.2, 0.25) is 5.02 Å². The van der Waals surface area contributed by atoms with Crippen LogP contribution in [0, 0.1) is 0 Å². The quantitative estimate of drug-likeness (QED) is 0.321. The minimum atomic E-state index is -0.277. The number of hydrogen-bond acceptors (Lipinski definition) is 5. The lowest BCUT2D eigenvalue weighted by atomic mass is 10.1. The fraction of sp³-hybridized carbons (Fsp3) is 0.333. The summed E-state index contributed by atoms with van der Waals surface area (Å²) in [6.45, 7) is 8.69. The normalized spacial score (nSPS) is 13.7. The van der Waals surface area contributed by atoms with Crippen molar-refractivity contribution in [3.05, 3.63) is 88.4 Å². The van der Waals surface area contributed by atoms with Crippen molar-refractivity contribution in [1.29, 1.82) is 0 Å². The minimum absolute atomic E-state index is 0.192. The molecule has 3 aromatic carbocycles. The molecular formula is C30H34ClN3O3S. The van der Waals surface area contributed by atoms with Gasteiger partial charge in [0.1, 0.15) is 4.99 Å². The highest BCUT2D eigenvalue weighted by atomic mass is 35.5. The summed E-state index contributed by atoms with van der Waals surface area (Å²) in [5.41, 5.74) is 4.05. The second kappa shape index (κ2) is 13.6. The van der Waals surface area contributed by atoms with Crippen LogP contribution < -0.4 is 14.8 Å². The van der Waals surface area contributed by atoms with Crippen LogP contribution in [0.4, 0.5) is 5.69 Å². The van der Waals surface area contributed by atoms with E-state index in [2.05, 4.69) is 46.3 Å². The highest BCUT2D eigenvalue weighted by Gasteiger charge is 2.22. The molecule has 0 radical (unpaired) electrons. The monoisotopic (exact) mass is 551 g/mol. The van der Waals surface area contributed by atoms with Gasteiger partial charge >= 0.3 is 0 Å². The van der Waals surface area contributed by atoms with E-state index in [-0.39, 0.29) is 12.5 Å². The molecule has 0 spiro atoms. The van der Waals surface area contributed by atoms with Crippen LogP contribution in [-0.4, -0.2) is 60.1 Å². The summed E-state index contributed by atoms with van der Waals surface area (Å²) in [7, 11) is 0. The van der Waals surface area contributed by atoms with Crippen molar-refractivity contribution in [2.45, 2.75) is 26.8 Å². The molecule has 1 aliphatic heterocycles. The molecule has 0 unspecified atom stereocenters. The minimum Gasteiger partial charge on any atom is -0.490 e. The van der Waals surface area contributed by atoms with Crippen molar-refractivity contribution in [2.75, 3.05) is 44.7 Å². The van der Waals surface area contributed by atoms with E-state index in [1.807, 2.05) is 43.3 Å². The predicted molar refractivity (Wildman–Crippen MR) is 158 cm³/mol. The van der Waals surface area contributed by atoms with Crippen LogP contribution in [-0.2, 0) is 17.8 Å². The van der Waals surface area contributed by atoms with Gasteiger partial charge in [-0.25, -0.2) is 0 Å². The standard InChI is InChI=1S/C30H34ClN3O3S/c1-3-22-10-12-25(13-11-22)32-28(35)21-37-29-26(31)18-24(19-27(29)36-4-2)30(38)34-16-14-33(15-17-34)20-23-8-6-5-7-9-23/h5-13,18-19H,3-4,14-17,20-21H2,1-2H3,(H,32,35). The van der Waals surface area contributed by atoms with E-state index in [0.29, 0.717) is 23.1 Å². The molecule has 0 aliphatic carbocycles. The van der Waals surface area contributed by atoms with E-state index in [1.54, 1.807) is 6.07 Å². The number of carbonyl (C=O) groups is 1. The maximum Gasteiger partial charge on any atom is 0.262 e. The molecule has 8 heteroatoms. The number of aryl methyl sites for hydroxylation is 1. The molecule has 0 bridgehead atoms. The third kappa shape index (κ3) is 7.47. The van der Waals surface area contributed by atoms with Crippen LogP contribution in [0.25, 0.3) is 0 Å². The lowest BCUT2D eigenvalue weighted by molar-refractivity contribution is -0.118. The Hall–Kier alpha value is -3.13. The molecule has 1 amide bonds. The van der Waals surface area contributed by atoms with Crippen LogP contribution in [0.15, 0.2) is 66.7 Å². The summed E-state index contributed by atoms with van der Waals surface area (Å²) in [5.74, 6) is 0.533. The summed E-state index contributed by atoms with van der Waals surface area (Å²) in [4.78, 5) is 17.9. The van der Waals surface area contributed by atoms with E-state index >= 15 is 0 Å². The molecule has 1 heterocycles. The van der Waals surface area contributed by atoms with Gasteiger partial charge in [-0.15, -0.1) is 0 Å². The van der Waals surface area contributed by atoms with Gasteiger partial charge < -0.3 is 19.7 Å².